The minimum atomic E-state index is -0.327. The van der Waals surface area contributed by atoms with E-state index in [9.17, 15) is 0 Å². The summed E-state index contributed by atoms with van der Waals surface area (Å²) in [6, 6.07) is 101. The molecule has 13 aromatic rings. The Hall–Kier alpha value is -11.5. The Morgan fingerprint density at radius 2 is 0.433 bits per heavy atom. The lowest BCUT2D eigenvalue weighted by molar-refractivity contribution is 0.462. The van der Waals surface area contributed by atoms with Gasteiger partial charge in [0.1, 0.15) is 46.0 Å². The van der Waals surface area contributed by atoms with E-state index in [2.05, 4.69) is 299 Å². The fourth-order valence-corrected chi connectivity index (χ4v) is 16.6. The van der Waals surface area contributed by atoms with Crippen LogP contribution in [0, 0.1) is 0 Å². The van der Waals surface area contributed by atoms with Crippen molar-refractivity contribution in [2.45, 2.75) is 0 Å². The van der Waals surface area contributed by atoms with E-state index in [4.69, 9.17) is 18.9 Å². The highest BCUT2D eigenvalue weighted by Gasteiger charge is 2.56. The van der Waals surface area contributed by atoms with Gasteiger partial charge in [0.25, 0.3) is 26.9 Å². The van der Waals surface area contributed by atoms with E-state index in [0.29, 0.717) is 0 Å². The average molecular weight is 1150 g/mol. The standard InChI is InChI=1S/C78H46B4N4O4/c1-5-25-47(26-6-1)83-59-39-19-13-33-51(59)79-55-37-17-23-43-63(55)87-75-67(79)71(83)77-69-73(75)85(49-29-9-3-10-30-49)61-41-21-15-35-53(61)81(69)57-45-58-66(46-65(57)89-77)90-78-70-74(86(50-31-11-4-12-32-50)62-42-22-16-36-54(62)82(58)70)76-68-72(78)84(48-27-7-2-8-28-48)60-40-20-14-34-52(60)80(68)56-38-18-24-44-64(56)88-76/h1-46H. The number of nitrogens with zero attached hydrogens (tertiary/aromatic N) is 4. The van der Waals surface area contributed by atoms with Gasteiger partial charge in [-0.2, -0.15) is 0 Å². The van der Waals surface area contributed by atoms with Crippen LogP contribution in [0.2, 0.25) is 0 Å². The number of hydrogen-bond donors (Lipinski definition) is 0. The molecule has 13 aromatic carbocycles. The Morgan fingerprint density at radius 3 is 0.733 bits per heavy atom. The van der Waals surface area contributed by atoms with Gasteiger partial charge < -0.3 is 38.5 Å². The molecule has 0 saturated heterocycles. The summed E-state index contributed by atoms with van der Waals surface area (Å²) in [4.78, 5) is 9.72. The topological polar surface area (TPSA) is 49.9 Å². The van der Waals surface area contributed by atoms with Crippen molar-refractivity contribution in [1.82, 2.24) is 0 Å². The molecule has 12 heteroatoms. The monoisotopic (exact) mass is 1150 g/mol. The second kappa shape index (κ2) is 18.1. The summed E-state index contributed by atoms with van der Waals surface area (Å²) in [6.45, 7) is -1.02. The molecule has 0 radical (unpaired) electrons. The Balaban J connectivity index is 0.884. The van der Waals surface area contributed by atoms with Crippen molar-refractivity contribution in [3.63, 3.8) is 0 Å². The predicted octanol–water partition coefficient (Wildman–Crippen LogP) is 11.3. The summed E-state index contributed by atoms with van der Waals surface area (Å²) in [7, 11) is 0. The molecule has 0 N–H and O–H groups in total. The first kappa shape index (κ1) is 48.6. The fraction of sp³-hybridized carbons (Fsp3) is 0. The molecule has 0 saturated carbocycles. The second-order valence-electron chi connectivity index (χ2n) is 24.4. The van der Waals surface area contributed by atoms with E-state index >= 15 is 0 Å². The highest BCUT2D eigenvalue weighted by Crippen LogP contribution is 2.57. The molecule has 21 rings (SSSR count). The number of anilines is 12. The number of hydrogen-bond acceptors (Lipinski definition) is 8. The maximum atomic E-state index is 8.06. The quantitative estimate of drug-likeness (QED) is 0.162. The normalized spacial score (nSPS) is 14.4. The Morgan fingerprint density at radius 1 is 0.200 bits per heavy atom. The maximum absolute atomic E-state index is 8.06. The Bertz CT molecular complexity index is 4970. The van der Waals surface area contributed by atoms with Gasteiger partial charge >= 0.3 is 0 Å². The smallest absolute Gasteiger partial charge is 0.256 e. The molecule has 0 unspecified atom stereocenters. The van der Waals surface area contributed by atoms with E-state index in [1.807, 2.05) is 0 Å². The van der Waals surface area contributed by atoms with Gasteiger partial charge in [-0.3, -0.25) is 0 Å². The first-order chi connectivity index (χ1) is 44.7. The summed E-state index contributed by atoms with van der Waals surface area (Å²) in [6.07, 6.45) is 0. The fourth-order valence-electron chi connectivity index (χ4n) is 16.6. The van der Waals surface area contributed by atoms with Crippen LogP contribution in [0.1, 0.15) is 0 Å². The zero-order valence-electron chi connectivity index (χ0n) is 48.3. The third-order valence-electron chi connectivity index (χ3n) is 20.0. The third kappa shape index (κ3) is 6.33. The van der Waals surface area contributed by atoms with Crippen LogP contribution in [0.25, 0.3) is 0 Å². The molecule has 8 aliphatic rings. The van der Waals surface area contributed by atoms with E-state index in [1.165, 1.54) is 10.9 Å². The Kier molecular flexibility index (Phi) is 9.76. The minimum absolute atomic E-state index is 0.185. The van der Waals surface area contributed by atoms with E-state index in [0.717, 1.165) is 169 Å². The van der Waals surface area contributed by atoms with Crippen LogP contribution in [-0.2, 0) is 0 Å². The van der Waals surface area contributed by atoms with Crippen LogP contribution in [0.5, 0.6) is 46.0 Å². The molecular weight excluding hydrogens is 1100 g/mol. The molecule has 0 spiro atoms. The zero-order valence-corrected chi connectivity index (χ0v) is 48.3. The molecule has 0 bridgehead atoms. The van der Waals surface area contributed by atoms with E-state index < -0.39 is 0 Å². The van der Waals surface area contributed by atoms with Crippen LogP contribution in [0.4, 0.5) is 68.2 Å². The minimum Gasteiger partial charge on any atom is -0.456 e. The molecule has 0 fully saturated rings. The van der Waals surface area contributed by atoms with Crippen molar-refractivity contribution in [3.05, 3.63) is 279 Å². The van der Waals surface area contributed by atoms with Crippen LogP contribution in [0.3, 0.4) is 0 Å². The van der Waals surface area contributed by atoms with Crippen molar-refractivity contribution in [3.8, 4) is 46.0 Å². The number of para-hydroxylation sites is 10. The van der Waals surface area contributed by atoms with Gasteiger partial charge in [-0.15, -0.1) is 0 Å². The van der Waals surface area contributed by atoms with Crippen molar-refractivity contribution < 1.29 is 18.9 Å². The van der Waals surface area contributed by atoms with E-state index in [1.54, 1.807) is 0 Å². The molecule has 0 aliphatic carbocycles. The van der Waals surface area contributed by atoms with Gasteiger partial charge in [-0.05, 0) is 129 Å². The van der Waals surface area contributed by atoms with Crippen molar-refractivity contribution >= 4 is 161 Å². The van der Waals surface area contributed by atoms with Gasteiger partial charge in [0.05, 0.1) is 22.7 Å². The number of rotatable bonds is 4. The van der Waals surface area contributed by atoms with Gasteiger partial charge in [-0.25, -0.2) is 0 Å². The summed E-state index contributed by atoms with van der Waals surface area (Å²) in [5, 5.41) is 0. The number of fused-ring (bicyclic) bond motifs is 20. The van der Waals surface area contributed by atoms with Gasteiger partial charge in [0, 0.05) is 73.4 Å². The molecule has 8 heterocycles. The predicted molar refractivity (Wildman–Crippen MR) is 370 cm³/mol. The first-order valence-electron chi connectivity index (χ1n) is 31.0. The zero-order chi connectivity index (χ0) is 58.4. The lowest BCUT2D eigenvalue weighted by Crippen LogP contribution is -2.66. The van der Waals surface area contributed by atoms with Crippen LogP contribution in [-0.4, -0.2) is 26.9 Å². The maximum Gasteiger partial charge on any atom is 0.256 e. The average Bonchev–Trinajstić information content (AvgIpc) is 0.695. The number of ether oxygens (including phenoxy) is 4. The molecule has 0 atom stereocenters. The van der Waals surface area contributed by atoms with Gasteiger partial charge in [0.2, 0.25) is 0 Å². The molecule has 0 amide bonds. The molecule has 8 aliphatic heterocycles. The summed E-state index contributed by atoms with van der Waals surface area (Å²) >= 11 is 0. The molecule has 90 heavy (non-hydrogen) atoms. The van der Waals surface area contributed by atoms with Crippen LogP contribution in [0.15, 0.2) is 279 Å². The van der Waals surface area contributed by atoms with Crippen molar-refractivity contribution in [2.75, 3.05) is 19.6 Å². The lowest BCUT2D eigenvalue weighted by atomic mass is 9.29. The van der Waals surface area contributed by atoms with Crippen molar-refractivity contribution in [1.29, 1.82) is 0 Å². The SMILES string of the molecule is c1ccc(N2c3ccccc3B3c4ccccc4Oc4c3c2c2c3c4N(c4ccccc4)c4ccccc4B3c3cc4c(cc3O2)Oc2c3c(c5c6c2N(c2ccccc2)c2ccccc2B6c2ccccc2O5)N(c2ccccc2)c2ccccc2B43)cc1. The summed E-state index contributed by atoms with van der Waals surface area (Å²) in [5.41, 5.74) is 25.6. The molecule has 8 nitrogen and oxygen atoms in total. The lowest BCUT2D eigenvalue weighted by Gasteiger charge is -2.48. The number of benzene rings is 13. The first-order valence-corrected chi connectivity index (χ1v) is 31.0. The van der Waals surface area contributed by atoms with Gasteiger partial charge in [-0.1, -0.05) is 188 Å². The third-order valence-corrected chi connectivity index (χ3v) is 20.0. The molecule has 414 valence electrons. The summed E-state index contributed by atoms with van der Waals surface area (Å²) in [5.74, 6) is 6.39. The second-order valence-corrected chi connectivity index (χ2v) is 24.4. The molecule has 0 aromatic heterocycles. The molecular formula is C78H46B4N4O4. The van der Waals surface area contributed by atoms with Gasteiger partial charge in [0.15, 0.2) is 0 Å². The van der Waals surface area contributed by atoms with E-state index in [-0.39, 0.29) is 26.9 Å². The highest BCUT2D eigenvalue weighted by molar-refractivity contribution is 7.04. The Labute approximate surface area is 521 Å². The van der Waals surface area contributed by atoms with Crippen LogP contribution >= 0.6 is 0 Å². The highest BCUT2D eigenvalue weighted by atomic mass is 16.5. The van der Waals surface area contributed by atoms with Crippen molar-refractivity contribution in [2.24, 2.45) is 0 Å². The summed E-state index contributed by atoms with van der Waals surface area (Å²) < 4.78 is 31.4. The largest absolute Gasteiger partial charge is 0.456 e. The van der Waals surface area contributed by atoms with Crippen LogP contribution < -0.4 is 104 Å².